The SMILES string of the molecule is CC1(C)OB(c2ccc(F)cc2CC(=O)N2CCCC(C(F)(F)F)C2)OC1(C)C. The van der Waals surface area contributed by atoms with Crippen molar-refractivity contribution in [2.75, 3.05) is 13.1 Å². The average Bonchev–Trinajstić information content (AvgIpc) is 2.81. The van der Waals surface area contributed by atoms with Crippen molar-refractivity contribution in [2.45, 2.75) is 64.3 Å². The smallest absolute Gasteiger partial charge is 0.399 e. The number of hydrogen-bond acceptors (Lipinski definition) is 3. The summed E-state index contributed by atoms with van der Waals surface area (Å²) in [6, 6.07) is 3.99. The zero-order valence-electron chi connectivity index (χ0n) is 17.1. The predicted molar refractivity (Wildman–Crippen MR) is 101 cm³/mol. The van der Waals surface area contributed by atoms with Gasteiger partial charge in [0.2, 0.25) is 5.91 Å². The first-order chi connectivity index (χ1) is 13.3. The van der Waals surface area contributed by atoms with E-state index in [4.69, 9.17) is 9.31 Å². The maximum atomic E-state index is 13.9. The third kappa shape index (κ3) is 4.61. The van der Waals surface area contributed by atoms with Crippen molar-refractivity contribution in [3.8, 4) is 0 Å². The molecule has 1 atom stereocenters. The second kappa shape index (κ2) is 7.58. The van der Waals surface area contributed by atoms with Crippen LogP contribution in [0.25, 0.3) is 0 Å². The first-order valence-electron chi connectivity index (χ1n) is 9.78. The molecule has 29 heavy (non-hydrogen) atoms. The molecule has 2 fully saturated rings. The molecule has 0 aromatic heterocycles. The highest BCUT2D eigenvalue weighted by Crippen LogP contribution is 2.37. The van der Waals surface area contributed by atoms with Crippen molar-refractivity contribution in [3.63, 3.8) is 0 Å². The van der Waals surface area contributed by atoms with Crippen molar-refractivity contribution in [2.24, 2.45) is 5.92 Å². The Morgan fingerprint density at radius 2 is 1.83 bits per heavy atom. The molecule has 1 aromatic rings. The number of carbonyl (C=O) groups is 1. The van der Waals surface area contributed by atoms with Gasteiger partial charge in [-0.25, -0.2) is 4.39 Å². The van der Waals surface area contributed by atoms with Gasteiger partial charge in [0.1, 0.15) is 5.82 Å². The van der Waals surface area contributed by atoms with Crippen LogP contribution in [0.5, 0.6) is 0 Å². The fourth-order valence-electron chi connectivity index (χ4n) is 3.67. The molecule has 0 N–H and O–H groups in total. The third-order valence-corrected chi connectivity index (χ3v) is 6.19. The van der Waals surface area contributed by atoms with Crippen LogP contribution in [0.2, 0.25) is 0 Å². The van der Waals surface area contributed by atoms with E-state index in [1.807, 2.05) is 27.7 Å². The number of benzene rings is 1. The van der Waals surface area contributed by atoms with Crippen LogP contribution in [0, 0.1) is 11.7 Å². The highest BCUT2D eigenvalue weighted by Gasteiger charge is 2.52. The Hall–Kier alpha value is -1.61. The monoisotopic (exact) mass is 415 g/mol. The lowest BCUT2D eigenvalue weighted by Gasteiger charge is -2.34. The average molecular weight is 415 g/mol. The summed E-state index contributed by atoms with van der Waals surface area (Å²) in [5.74, 6) is -2.50. The Kier molecular flexibility index (Phi) is 5.77. The summed E-state index contributed by atoms with van der Waals surface area (Å²) in [4.78, 5) is 14.0. The summed E-state index contributed by atoms with van der Waals surface area (Å²) < 4.78 is 65.0. The zero-order valence-corrected chi connectivity index (χ0v) is 17.1. The lowest BCUT2D eigenvalue weighted by Crippen LogP contribution is -2.46. The van der Waals surface area contributed by atoms with Crippen molar-refractivity contribution >= 4 is 18.5 Å². The predicted octanol–water partition coefficient (Wildman–Crippen LogP) is 3.47. The molecular weight excluding hydrogens is 389 g/mol. The molecule has 1 aromatic carbocycles. The number of alkyl halides is 3. The highest BCUT2D eigenvalue weighted by molar-refractivity contribution is 6.62. The van der Waals surface area contributed by atoms with Gasteiger partial charge < -0.3 is 14.2 Å². The van der Waals surface area contributed by atoms with E-state index in [-0.39, 0.29) is 25.9 Å². The topological polar surface area (TPSA) is 38.8 Å². The summed E-state index contributed by atoms with van der Waals surface area (Å²) in [6.45, 7) is 7.44. The maximum absolute atomic E-state index is 13.9. The molecule has 9 heteroatoms. The van der Waals surface area contributed by atoms with Gasteiger partial charge >= 0.3 is 13.3 Å². The Bertz CT molecular complexity index is 765. The van der Waals surface area contributed by atoms with Crippen molar-refractivity contribution in [1.29, 1.82) is 0 Å². The number of rotatable bonds is 3. The summed E-state index contributed by atoms with van der Waals surface area (Å²) in [5.41, 5.74) is -0.342. The molecule has 0 aliphatic carbocycles. The van der Waals surface area contributed by atoms with E-state index in [0.717, 1.165) is 0 Å². The number of likely N-dealkylation sites (tertiary alicyclic amines) is 1. The van der Waals surface area contributed by atoms with Gasteiger partial charge in [0, 0.05) is 13.1 Å². The van der Waals surface area contributed by atoms with Crippen LogP contribution in [0.3, 0.4) is 0 Å². The maximum Gasteiger partial charge on any atom is 0.495 e. The van der Waals surface area contributed by atoms with E-state index in [9.17, 15) is 22.4 Å². The minimum Gasteiger partial charge on any atom is -0.399 e. The first-order valence-corrected chi connectivity index (χ1v) is 9.78. The van der Waals surface area contributed by atoms with Gasteiger partial charge in [-0.1, -0.05) is 6.07 Å². The van der Waals surface area contributed by atoms with Crippen LogP contribution in [0.1, 0.15) is 46.1 Å². The van der Waals surface area contributed by atoms with Gasteiger partial charge in [-0.05, 0) is 63.7 Å². The fraction of sp³-hybridized carbons (Fsp3) is 0.650. The van der Waals surface area contributed by atoms with Crippen LogP contribution in [-0.4, -0.2) is 48.4 Å². The molecule has 0 radical (unpaired) electrons. The molecule has 2 aliphatic heterocycles. The van der Waals surface area contributed by atoms with E-state index < -0.39 is 42.1 Å². The summed E-state index contributed by atoms with van der Waals surface area (Å²) >= 11 is 0. The molecule has 1 amide bonds. The van der Waals surface area contributed by atoms with Crippen LogP contribution in [0.4, 0.5) is 17.6 Å². The molecule has 0 bridgehead atoms. The molecule has 2 saturated heterocycles. The lowest BCUT2D eigenvalue weighted by molar-refractivity contribution is -0.187. The Morgan fingerprint density at radius 3 is 2.41 bits per heavy atom. The van der Waals surface area contributed by atoms with Gasteiger partial charge in [0.15, 0.2) is 0 Å². The quantitative estimate of drug-likeness (QED) is 0.561. The van der Waals surface area contributed by atoms with Crippen LogP contribution < -0.4 is 5.46 Å². The van der Waals surface area contributed by atoms with E-state index in [1.54, 1.807) is 0 Å². The second-order valence-electron chi connectivity index (χ2n) is 8.83. The Balaban J connectivity index is 1.79. The molecule has 2 aliphatic rings. The van der Waals surface area contributed by atoms with E-state index >= 15 is 0 Å². The Morgan fingerprint density at radius 1 is 1.21 bits per heavy atom. The largest absolute Gasteiger partial charge is 0.495 e. The molecule has 160 valence electrons. The molecule has 0 spiro atoms. The van der Waals surface area contributed by atoms with Gasteiger partial charge in [0.05, 0.1) is 23.5 Å². The summed E-state index contributed by atoms with van der Waals surface area (Å²) in [6.07, 6.45) is -4.22. The number of piperidine rings is 1. The highest BCUT2D eigenvalue weighted by atomic mass is 19.4. The molecular formula is C20H26BF4NO3. The first kappa shape index (κ1) is 22.1. The van der Waals surface area contributed by atoms with Gasteiger partial charge in [-0.15, -0.1) is 0 Å². The number of carbonyl (C=O) groups excluding carboxylic acids is 1. The summed E-state index contributed by atoms with van der Waals surface area (Å²) in [7, 11) is -0.785. The van der Waals surface area contributed by atoms with E-state index in [1.165, 1.54) is 23.1 Å². The number of hydrogen-bond donors (Lipinski definition) is 0. The number of halogens is 4. The van der Waals surface area contributed by atoms with Gasteiger partial charge in [-0.2, -0.15) is 13.2 Å². The van der Waals surface area contributed by atoms with Crippen molar-refractivity contribution < 1.29 is 31.7 Å². The lowest BCUT2D eigenvalue weighted by atomic mass is 9.75. The van der Waals surface area contributed by atoms with Crippen LogP contribution in [-0.2, 0) is 20.5 Å². The standard InChI is InChI=1S/C20H26BF4NO3/c1-18(2)19(3,4)29-21(28-18)16-8-7-15(22)10-13(16)11-17(27)26-9-5-6-14(12-26)20(23,24)25/h7-8,10,14H,5-6,9,11-12H2,1-4H3. The minimum absolute atomic E-state index is 0.0203. The van der Waals surface area contributed by atoms with E-state index in [2.05, 4.69) is 0 Å². The Labute approximate surface area is 168 Å². The van der Waals surface area contributed by atoms with Gasteiger partial charge in [-0.3, -0.25) is 4.79 Å². The zero-order chi connectivity index (χ0) is 21.6. The third-order valence-electron chi connectivity index (χ3n) is 6.19. The number of amides is 1. The van der Waals surface area contributed by atoms with Crippen molar-refractivity contribution in [1.82, 2.24) is 4.90 Å². The second-order valence-corrected chi connectivity index (χ2v) is 8.83. The normalized spacial score (nSPS) is 24.1. The minimum atomic E-state index is -4.33. The van der Waals surface area contributed by atoms with Crippen molar-refractivity contribution in [3.05, 3.63) is 29.6 Å². The molecule has 0 saturated carbocycles. The van der Waals surface area contributed by atoms with Crippen LogP contribution >= 0.6 is 0 Å². The molecule has 3 rings (SSSR count). The molecule has 2 heterocycles. The van der Waals surface area contributed by atoms with Crippen LogP contribution in [0.15, 0.2) is 18.2 Å². The fourth-order valence-corrected chi connectivity index (χ4v) is 3.67. The van der Waals surface area contributed by atoms with Gasteiger partial charge in [0.25, 0.3) is 0 Å². The number of nitrogens with zero attached hydrogens (tertiary/aromatic N) is 1. The molecule has 4 nitrogen and oxygen atoms in total. The van der Waals surface area contributed by atoms with E-state index in [0.29, 0.717) is 17.4 Å². The summed E-state index contributed by atoms with van der Waals surface area (Å²) in [5, 5.41) is 0. The molecule has 1 unspecified atom stereocenters.